The molecule has 1 atom stereocenters. The summed E-state index contributed by atoms with van der Waals surface area (Å²) in [5, 5.41) is 0. The first-order valence-corrected chi connectivity index (χ1v) is 8.63. The summed E-state index contributed by atoms with van der Waals surface area (Å²) in [6.07, 6.45) is 3.15. The van der Waals surface area contributed by atoms with Gasteiger partial charge in [-0.25, -0.2) is 18.6 Å². The Hall–Kier alpha value is -1.90. The van der Waals surface area contributed by atoms with E-state index in [1.807, 2.05) is 0 Å². The van der Waals surface area contributed by atoms with Gasteiger partial charge < -0.3 is 4.55 Å². The molecule has 118 valence electrons. The van der Waals surface area contributed by atoms with E-state index in [1.165, 1.54) is 12.1 Å². The molecule has 0 spiro atoms. The Morgan fingerprint density at radius 2 is 1.91 bits per heavy atom. The van der Waals surface area contributed by atoms with Crippen molar-refractivity contribution in [3.05, 3.63) is 64.9 Å². The lowest BCUT2D eigenvalue weighted by Gasteiger charge is -2.09. The number of nitrogens with zero attached hydrogens (tertiary/aromatic N) is 3. The monoisotopic (exact) mass is 395 g/mol. The lowest BCUT2D eigenvalue weighted by molar-refractivity contribution is 0.563. The Kier molecular flexibility index (Phi) is 4.65. The summed E-state index contributed by atoms with van der Waals surface area (Å²) in [5.41, 5.74) is 2.20. The Morgan fingerprint density at radius 3 is 2.52 bits per heavy atom. The summed E-state index contributed by atoms with van der Waals surface area (Å²) >= 11 is 1.49. The second kappa shape index (κ2) is 6.69. The quantitative estimate of drug-likeness (QED) is 0.685. The molecular weight excluding hydrogens is 385 g/mol. The molecule has 0 fully saturated rings. The molecule has 0 aliphatic heterocycles. The summed E-state index contributed by atoms with van der Waals surface area (Å²) in [6.45, 7) is 0. The lowest BCUT2D eigenvalue weighted by Crippen LogP contribution is -2.00. The van der Waals surface area contributed by atoms with Crippen molar-refractivity contribution in [3.8, 4) is 17.1 Å². The lowest BCUT2D eigenvalue weighted by atomic mass is 10.1. The molecule has 5 nitrogen and oxygen atoms in total. The minimum atomic E-state index is -1.90. The second-order valence-corrected chi connectivity index (χ2v) is 6.43. The summed E-state index contributed by atoms with van der Waals surface area (Å²) < 4.78 is 35.2. The zero-order valence-electron chi connectivity index (χ0n) is 11.7. The maximum Gasteiger partial charge on any atom is 0.157 e. The minimum absolute atomic E-state index is 0.0335. The molecule has 0 bridgehead atoms. The van der Waals surface area contributed by atoms with Crippen molar-refractivity contribution in [2.24, 2.45) is 0 Å². The Balaban J connectivity index is 2.01. The third-order valence-electron chi connectivity index (χ3n) is 3.19. The molecule has 0 radical (unpaired) electrons. The molecule has 0 aliphatic carbocycles. The topological polar surface area (TPSA) is 68.0 Å². The number of pyridine rings is 1. The summed E-state index contributed by atoms with van der Waals surface area (Å²) in [7, 11) is 0. The van der Waals surface area contributed by atoms with Crippen LogP contribution in [0.15, 0.2) is 53.5 Å². The first-order valence-electron chi connectivity index (χ1n) is 6.56. The van der Waals surface area contributed by atoms with E-state index in [0.717, 1.165) is 11.3 Å². The molecule has 3 aromatic rings. The Bertz CT molecular complexity index is 850. The number of imidazole rings is 1. The largest absolute Gasteiger partial charge is 0.306 e. The summed E-state index contributed by atoms with van der Waals surface area (Å²) in [5.74, 6) is 0.330. The number of hydrogen-bond acceptors (Lipinski definition) is 3. The van der Waals surface area contributed by atoms with Gasteiger partial charge in [0, 0.05) is 11.8 Å². The molecule has 1 N–H and O–H groups in total. The first-order chi connectivity index (χ1) is 11.0. The van der Waals surface area contributed by atoms with Crippen molar-refractivity contribution in [2.45, 2.75) is 5.75 Å². The van der Waals surface area contributed by atoms with Crippen molar-refractivity contribution in [1.29, 1.82) is 0 Å². The van der Waals surface area contributed by atoms with Crippen molar-refractivity contribution in [2.75, 3.05) is 0 Å². The summed E-state index contributed by atoms with van der Waals surface area (Å²) in [4.78, 5) is 8.52. The van der Waals surface area contributed by atoms with Gasteiger partial charge in [-0.05, 0) is 51.8 Å². The molecular formula is C15H11BrFN3O2S. The highest BCUT2D eigenvalue weighted by Crippen LogP contribution is 2.29. The fourth-order valence-corrected chi connectivity index (χ4v) is 3.12. The average molecular weight is 396 g/mol. The van der Waals surface area contributed by atoms with Gasteiger partial charge in [0.2, 0.25) is 0 Å². The molecule has 2 aromatic heterocycles. The van der Waals surface area contributed by atoms with E-state index in [4.69, 9.17) is 4.55 Å². The van der Waals surface area contributed by atoms with E-state index >= 15 is 0 Å². The van der Waals surface area contributed by atoms with Gasteiger partial charge in [-0.15, -0.1) is 0 Å². The fraction of sp³-hybridized carbons (Fsp3) is 0.0667. The van der Waals surface area contributed by atoms with E-state index in [9.17, 15) is 8.60 Å². The molecule has 0 aliphatic rings. The van der Waals surface area contributed by atoms with Gasteiger partial charge in [0.25, 0.3) is 0 Å². The van der Waals surface area contributed by atoms with Crippen LogP contribution in [0.1, 0.15) is 5.56 Å². The molecule has 1 aromatic carbocycles. The maximum atomic E-state index is 13.1. The highest BCUT2D eigenvalue weighted by Gasteiger charge is 2.13. The minimum Gasteiger partial charge on any atom is -0.306 e. The smallest absolute Gasteiger partial charge is 0.157 e. The zero-order valence-corrected chi connectivity index (χ0v) is 14.1. The normalized spacial score (nSPS) is 12.3. The molecule has 8 heteroatoms. The summed E-state index contributed by atoms with van der Waals surface area (Å²) in [6, 6.07) is 9.56. The third-order valence-corrected chi connectivity index (χ3v) is 4.35. The Morgan fingerprint density at radius 1 is 1.17 bits per heavy atom. The van der Waals surface area contributed by atoms with E-state index < -0.39 is 11.1 Å². The third kappa shape index (κ3) is 3.54. The zero-order chi connectivity index (χ0) is 16.4. The van der Waals surface area contributed by atoms with Crippen LogP contribution in [-0.4, -0.2) is 23.3 Å². The molecule has 3 rings (SSSR count). The van der Waals surface area contributed by atoms with Gasteiger partial charge in [-0.2, -0.15) is 0 Å². The van der Waals surface area contributed by atoms with Gasteiger partial charge in [0.15, 0.2) is 11.1 Å². The SMILES string of the molecule is O=S(O)Cc1ccc(-n2cnc(Br)c2-c2ccc(F)cc2)nc1. The predicted molar refractivity (Wildman–Crippen MR) is 88.9 cm³/mol. The molecule has 0 amide bonds. The molecule has 0 saturated carbocycles. The average Bonchev–Trinajstić information content (AvgIpc) is 2.90. The van der Waals surface area contributed by atoms with Crippen LogP contribution in [0.25, 0.3) is 17.1 Å². The number of rotatable bonds is 4. The van der Waals surface area contributed by atoms with Crippen LogP contribution in [0.2, 0.25) is 0 Å². The molecule has 23 heavy (non-hydrogen) atoms. The highest BCUT2D eigenvalue weighted by atomic mass is 79.9. The Labute approximate surface area is 142 Å². The van der Waals surface area contributed by atoms with Crippen molar-refractivity contribution in [1.82, 2.24) is 14.5 Å². The van der Waals surface area contributed by atoms with E-state index in [-0.39, 0.29) is 11.6 Å². The van der Waals surface area contributed by atoms with Crippen molar-refractivity contribution >= 4 is 27.0 Å². The van der Waals surface area contributed by atoms with Gasteiger partial charge >= 0.3 is 0 Å². The molecule has 1 unspecified atom stereocenters. The van der Waals surface area contributed by atoms with Crippen LogP contribution in [0, 0.1) is 5.82 Å². The number of hydrogen-bond donors (Lipinski definition) is 1. The maximum absolute atomic E-state index is 13.1. The second-order valence-electron chi connectivity index (χ2n) is 4.75. The van der Waals surface area contributed by atoms with Crippen LogP contribution in [0.3, 0.4) is 0 Å². The standard InChI is InChI=1S/C15H11BrFN3O2S/c16-15-14(11-2-4-12(17)5-3-11)20(9-19-15)13-6-1-10(7-18-13)8-23(21)22/h1-7,9H,8H2,(H,21,22). The first kappa shape index (κ1) is 16.0. The van der Waals surface area contributed by atoms with Crippen molar-refractivity contribution in [3.63, 3.8) is 0 Å². The van der Waals surface area contributed by atoms with E-state index in [1.54, 1.807) is 41.4 Å². The van der Waals surface area contributed by atoms with Crippen LogP contribution in [-0.2, 0) is 16.8 Å². The number of halogens is 2. The van der Waals surface area contributed by atoms with Crippen LogP contribution in [0.5, 0.6) is 0 Å². The molecule has 0 saturated heterocycles. The predicted octanol–water partition coefficient (Wildman–Crippen LogP) is 3.56. The van der Waals surface area contributed by atoms with Crippen LogP contribution >= 0.6 is 15.9 Å². The molecule has 2 heterocycles. The van der Waals surface area contributed by atoms with Crippen LogP contribution in [0.4, 0.5) is 4.39 Å². The van der Waals surface area contributed by atoms with Crippen LogP contribution < -0.4 is 0 Å². The van der Waals surface area contributed by atoms with Gasteiger partial charge in [0.05, 0.1) is 11.4 Å². The van der Waals surface area contributed by atoms with Gasteiger partial charge in [-0.1, -0.05) is 6.07 Å². The van der Waals surface area contributed by atoms with E-state index in [0.29, 0.717) is 16.0 Å². The van der Waals surface area contributed by atoms with Gasteiger partial charge in [-0.3, -0.25) is 4.57 Å². The number of benzene rings is 1. The van der Waals surface area contributed by atoms with Gasteiger partial charge in [0.1, 0.15) is 22.6 Å². The van der Waals surface area contributed by atoms with Crippen molar-refractivity contribution < 1.29 is 13.2 Å². The fourth-order valence-electron chi connectivity index (χ4n) is 2.15. The van der Waals surface area contributed by atoms with E-state index in [2.05, 4.69) is 25.9 Å². The highest BCUT2D eigenvalue weighted by molar-refractivity contribution is 9.10. The number of aromatic nitrogens is 3.